The third-order valence-corrected chi connectivity index (χ3v) is 8.95. The van der Waals surface area contributed by atoms with Crippen molar-refractivity contribution in [2.24, 2.45) is 0 Å². The topological polar surface area (TPSA) is 77.3 Å². The van der Waals surface area contributed by atoms with E-state index in [1.807, 2.05) is 6.92 Å². The van der Waals surface area contributed by atoms with Crippen LogP contribution in [0.3, 0.4) is 0 Å². The number of nitrogens with zero attached hydrogens (tertiary/aromatic N) is 2. The van der Waals surface area contributed by atoms with Crippen molar-refractivity contribution < 1.29 is 9.35 Å². The van der Waals surface area contributed by atoms with E-state index in [1.165, 1.54) is 12.3 Å². The van der Waals surface area contributed by atoms with E-state index >= 15 is 0 Å². The maximum atomic E-state index is 11.0. The Bertz CT molecular complexity index is 561. The highest BCUT2D eigenvalue weighted by molar-refractivity contribution is 6.74. The van der Waals surface area contributed by atoms with Crippen molar-refractivity contribution in [1.82, 2.24) is 10.3 Å². The molecule has 0 aliphatic carbocycles. The van der Waals surface area contributed by atoms with Crippen LogP contribution in [0.2, 0.25) is 23.2 Å². The van der Waals surface area contributed by atoms with Crippen LogP contribution in [0.4, 0.5) is 5.69 Å². The number of nitro groups is 1. The molecule has 0 saturated carbocycles. The highest BCUT2D eigenvalue weighted by atomic mass is 35.5. The van der Waals surface area contributed by atoms with Gasteiger partial charge in [0.05, 0.1) is 16.0 Å². The van der Waals surface area contributed by atoms with Crippen LogP contribution in [-0.4, -0.2) is 30.9 Å². The molecule has 6 nitrogen and oxygen atoms in total. The van der Waals surface area contributed by atoms with Crippen molar-refractivity contribution in [2.45, 2.75) is 58.5 Å². The first-order chi connectivity index (χ1) is 10.4. The van der Waals surface area contributed by atoms with Crippen LogP contribution in [0.5, 0.6) is 0 Å². The normalized spacial score (nSPS) is 13.9. The highest BCUT2D eigenvalue weighted by Gasteiger charge is 2.38. The predicted molar refractivity (Wildman–Crippen MR) is 95.4 cm³/mol. The van der Waals surface area contributed by atoms with Crippen LogP contribution < -0.4 is 5.32 Å². The molecule has 0 radical (unpaired) electrons. The van der Waals surface area contributed by atoms with Gasteiger partial charge in [0, 0.05) is 25.4 Å². The summed E-state index contributed by atoms with van der Waals surface area (Å²) in [5.41, 5.74) is 0.307. The minimum absolute atomic E-state index is 0.0299. The Balaban J connectivity index is 2.59. The molecule has 130 valence electrons. The first-order valence-corrected chi connectivity index (χ1v) is 10.9. The Morgan fingerprint density at radius 3 is 2.61 bits per heavy atom. The van der Waals surface area contributed by atoms with Gasteiger partial charge in [-0.2, -0.15) is 0 Å². The van der Waals surface area contributed by atoms with Gasteiger partial charge in [-0.25, -0.2) is 0 Å². The van der Waals surface area contributed by atoms with Gasteiger partial charge in [-0.3, -0.25) is 15.1 Å². The lowest BCUT2D eigenvalue weighted by Gasteiger charge is -2.38. The second-order valence-corrected chi connectivity index (χ2v) is 12.4. The molecule has 0 saturated heterocycles. The van der Waals surface area contributed by atoms with Gasteiger partial charge in [0.25, 0.3) is 5.69 Å². The Morgan fingerprint density at radius 2 is 2.09 bits per heavy atom. The fraction of sp³-hybridized carbons (Fsp3) is 0.667. The van der Waals surface area contributed by atoms with Gasteiger partial charge < -0.3 is 9.74 Å². The number of hydrogen-bond donors (Lipinski definition) is 1. The second-order valence-electron chi connectivity index (χ2n) is 7.20. The van der Waals surface area contributed by atoms with E-state index in [9.17, 15) is 10.1 Å². The lowest BCUT2D eigenvalue weighted by molar-refractivity contribution is -0.386. The zero-order valence-corrected chi connectivity index (χ0v) is 16.4. The van der Waals surface area contributed by atoms with Gasteiger partial charge >= 0.3 is 0 Å². The summed E-state index contributed by atoms with van der Waals surface area (Å²) in [7, 11) is -1.81. The molecular formula is C15H26ClN3O3Si. The molecule has 23 heavy (non-hydrogen) atoms. The van der Waals surface area contributed by atoms with Gasteiger partial charge in [-0.1, -0.05) is 32.4 Å². The number of rotatable bonds is 7. The molecule has 0 aliphatic rings. The molecule has 1 aromatic rings. The van der Waals surface area contributed by atoms with Gasteiger partial charge in [0.15, 0.2) is 8.32 Å². The molecule has 0 amide bonds. The number of aromatic nitrogens is 1. The SMILES string of the molecule is CC(CNCc1ncc(Cl)cc1[N+](=O)[O-])O[Si](C)(C)C(C)(C)C. The van der Waals surface area contributed by atoms with E-state index < -0.39 is 13.2 Å². The van der Waals surface area contributed by atoms with Crippen LogP contribution in [0.15, 0.2) is 12.3 Å². The lowest BCUT2D eigenvalue weighted by atomic mass is 10.2. The van der Waals surface area contributed by atoms with Crippen molar-refractivity contribution in [3.05, 3.63) is 33.1 Å². The summed E-state index contributed by atoms with van der Waals surface area (Å²) in [6.07, 6.45) is 1.45. The molecule has 8 heteroatoms. The van der Waals surface area contributed by atoms with E-state index in [0.29, 0.717) is 18.8 Å². The summed E-state index contributed by atoms with van der Waals surface area (Å²) in [5.74, 6) is 0. The van der Waals surface area contributed by atoms with Crippen molar-refractivity contribution >= 4 is 25.6 Å². The molecule has 1 N–H and O–H groups in total. The second kappa shape index (κ2) is 7.70. The molecule has 0 fully saturated rings. The fourth-order valence-corrected chi connectivity index (χ4v) is 3.46. The molecule has 0 bridgehead atoms. The first kappa shape index (κ1) is 20.0. The van der Waals surface area contributed by atoms with Crippen LogP contribution in [-0.2, 0) is 11.0 Å². The Kier molecular flexibility index (Phi) is 6.70. The van der Waals surface area contributed by atoms with Crippen LogP contribution in [0.25, 0.3) is 0 Å². The van der Waals surface area contributed by atoms with Gasteiger partial charge in [-0.05, 0) is 25.1 Å². The van der Waals surface area contributed by atoms with Crippen molar-refractivity contribution in [3.63, 3.8) is 0 Å². The Hall–Kier alpha value is -1.02. The number of halogens is 1. The zero-order chi connectivity index (χ0) is 17.8. The number of hydrogen-bond acceptors (Lipinski definition) is 5. The summed E-state index contributed by atoms with van der Waals surface area (Å²) in [6.45, 7) is 13.9. The molecule has 1 unspecified atom stereocenters. The molecule has 0 aromatic carbocycles. The third kappa shape index (κ3) is 5.84. The summed E-state index contributed by atoms with van der Waals surface area (Å²) in [5, 5.41) is 14.6. The van der Waals surface area contributed by atoms with Gasteiger partial charge in [0.2, 0.25) is 0 Å². The Labute approximate surface area is 143 Å². The van der Waals surface area contributed by atoms with Crippen LogP contribution >= 0.6 is 11.6 Å². The molecule has 1 atom stereocenters. The van der Waals surface area contributed by atoms with Crippen molar-refractivity contribution in [3.8, 4) is 0 Å². The van der Waals surface area contributed by atoms with Crippen molar-refractivity contribution in [1.29, 1.82) is 0 Å². The predicted octanol–water partition coefficient (Wildman–Crippen LogP) is 4.14. The summed E-state index contributed by atoms with van der Waals surface area (Å²) < 4.78 is 6.24. The molecule has 1 rings (SSSR count). The van der Waals surface area contributed by atoms with E-state index in [0.717, 1.165) is 0 Å². The van der Waals surface area contributed by atoms with E-state index in [1.54, 1.807) is 0 Å². The molecule has 0 spiro atoms. The quantitative estimate of drug-likeness (QED) is 0.449. The summed E-state index contributed by atoms with van der Waals surface area (Å²) in [4.78, 5) is 14.6. The van der Waals surface area contributed by atoms with Gasteiger partial charge in [0.1, 0.15) is 5.69 Å². The maximum absolute atomic E-state index is 11.0. The summed E-state index contributed by atoms with van der Waals surface area (Å²) in [6, 6.07) is 1.32. The maximum Gasteiger partial charge on any atom is 0.293 e. The number of pyridine rings is 1. The Morgan fingerprint density at radius 1 is 1.48 bits per heavy atom. The molecular weight excluding hydrogens is 334 g/mol. The molecule has 1 heterocycles. The minimum Gasteiger partial charge on any atom is -0.413 e. The molecule has 0 aliphatic heterocycles. The molecule has 1 aromatic heterocycles. The van der Waals surface area contributed by atoms with E-state index in [-0.39, 0.29) is 21.9 Å². The van der Waals surface area contributed by atoms with Crippen LogP contribution in [0.1, 0.15) is 33.4 Å². The average Bonchev–Trinajstić information content (AvgIpc) is 2.38. The third-order valence-electron chi connectivity index (χ3n) is 4.14. The van der Waals surface area contributed by atoms with Crippen molar-refractivity contribution in [2.75, 3.05) is 6.54 Å². The highest BCUT2D eigenvalue weighted by Crippen LogP contribution is 2.37. The van der Waals surface area contributed by atoms with E-state index in [2.05, 4.69) is 44.2 Å². The smallest absolute Gasteiger partial charge is 0.293 e. The van der Waals surface area contributed by atoms with Crippen LogP contribution in [0, 0.1) is 10.1 Å². The zero-order valence-electron chi connectivity index (χ0n) is 14.6. The summed E-state index contributed by atoms with van der Waals surface area (Å²) >= 11 is 5.76. The fourth-order valence-electron chi connectivity index (χ4n) is 1.87. The first-order valence-electron chi connectivity index (χ1n) is 7.61. The average molecular weight is 360 g/mol. The monoisotopic (exact) mass is 359 g/mol. The largest absolute Gasteiger partial charge is 0.413 e. The standard InChI is InChI=1S/C15H26ClN3O3Si/c1-11(22-23(5,6)15(2,3)4)8-17-10-13-14(19(20)21)7-12(16)9-18-13/h7,9,11,17H,8,10H2,1-6H3. The minimum atomic E-state index is -1.81. The number of nitrogens with one attached hydrogen (secondary N) is 1. The van der Waals surface area contributed by atoms with Gasteiger partial charge in [-0.15, -0.1) is 0 Å². The van der Waals surface area contributed by atoms with E-state index in [4.69, 9.17) is 16.0 Å². The lowest BCUT2D eigenvalue weighted by Crippen LogP contribution is -2.45.